The first kappa shape index (κ1) is 30.9. The van der Waals surface area contributed by atoms with Gasteiger partial charge in [-0.25, -0.2) is 4.79 Å². The van der Waals surface area contributed by atoms with Crippen molar-refractivity contribution in [2.45, 2.75) is 111 Å². The van der Waals surface area contributed by atoms with Gasteiger partial charge in [0.1, 0.15) is 17.7 Å². The summed E-state index contributed by atoms with van der Waals surface area (Å²) in [4.78, 5) is 53.9. The summed E-state index contributed by atoms with van der Waals surface area (Å²) in [6.45, 7) is 18.1. The number of aryl methyl sites for hydroxylation is 1. The number of amides is 4. The van der Waals surface area contributed by atoms with Gasteiger partial charge in [0.2, 0.25) is 17.7 Å². The number of nitrogens with two attached hydrogens (primary N) is 1. The van der Waals surface area contributed by atoms with Crippen LogP contribution in [0.25, 0.3) is 0 Å². The van der Waals surface area contributed by atoms with Crippen molar-refractivity contribution in [3.8, 4) is 0 Å². The zero-order chi connectivity index (χ0) is 28.1. The predicted molar refractivity (Wildman–Crippen MR) is 140 cm³/mol. The highest BCUT2D eigenvalue weighted by atomic mass is 16.6. The second kappa shape index (κ2) is 11.8. The van der Waals surface area contributed by atoms with Gasteiger partial charge in [-0.3, -0.25) is 14.4 Å². The smallest absolute Gasteiger partial charge is 0.408 e. The van der Waals surface area contributed by atoms with Crippen molar-refractivity contribution >= 4 is 23.8 Å². The normalized spacial score (nSPS) is 13.8. The van der Waals surface area contributed by atoms with Crippen LogP contribution in [0.3, 0.4) is 0 Å². The summed E-state index contributed by atoms with van der Waals surface area (Å²) in [5, 5.41) is 5.50. The van der Waals surface area contributed by atoms with Crippen molar-refractivity contribution in [3.05, 3.63) is 35.4 Å². The summed E-state index contributed by atoms with van der Waals surface area (Å²) in [7, 11) is 0. The Morgan fingerprint density at radius 2 is 1.56 bits per heavy atom. The number of alkyl carbamates (subject to hydrolysis) is 1. The molecule has 4 N–H and O–H groups in total. The summed E-state index contributed by atoms with van der Waals surface area (Å²) < 4.78 is 5.32. The summed E-state index contributed by atoms with van der Waals surface area (Å²) in [6.07, 6.45) is -0.807. The van der Waals surface area contributed by atoms with Gasteiger partial charge in [0.25, 0.3) is 0 Å². The molecule has 0 saturated carbocycles. The van der Waals surface area contributed by atoms with Gasteiger partial charge in [0.05, 0.1) is 6.42 Å². The van der Waals surface area contributed by atoms with Gasteiger partial charge in [-0.05, 0) is 79.9 Å². The molecule has 2 atom stereocenters. The lowest BCUT2D eigenvalue weighted by Gasteiger charge is -2.45. The Morgan fingerprint density at radius 3 is 2.00 bits per heavy atom. The Bertz CT molecular complexity index is 960. The van der Waals surface area contributed by atoms with Crippen LogP contribution in [0, 0.1) is 6.92 Å². The van der Waals surface area contributed by atoms with Crippen LogP contribution in [0.4, 0.5) is 4.79 Å². The maximum Gasteiger partial charge on any atom is 0.408 e. The molecule has 9 heteroatoms. The van der Waals surface area contributed by atoms with Gasteiger partial charge in [0.15, 0.2) is 0 Å². The Kier molecular flexibility index (Phi) is 10.1. The molecule has 4 amide bonds. The fourth-order valence-corrected chi connectivity index (χ4v) is 3.69. The minimum atomic E-state index is -1.32. The maximum absolute atomic E-state index is 14.1. The Balaban J connectivity index is 3.71. The van der Waals surface area contributed by atoms with Gasteiger partial charge >= 0.3 is 6.09 Å². The predicted octanol–water partition coefficient (Wildman–Crippen LogP) is 3.74. The van der Waals surface area contributed by atoms with Gasteiger partial charge in [0, 0.05) is 11.1 Å². The molecule has 1 aromatic rings. The van der Waals surface area contributed by atoms with E-state index in [0.717, 1.165) is 5.56 Å². The van der Waals surface area contributed by atoms with Crippen LogP contribution < -0.4 is 16.4 Å². The number of hydrogen-bond acceptors (Lipinski definition) is 5. The van der Waals surface area contributed by atoms with E-state index in [0.29, 0.717) is 12.0 Å². The molecule has 0 heterocycles. The summed E-state index contributed by atoms with van der Waals surface area (Å²) in [5.41, 5.74) is 4.70. The van der Waals surface area contributed by atoms with Gasteiger partial charge in [-0.2, -0.15) is 0 Å². The second-order valence-electron chi connectivity index (χ2n) is 11.7. The number of hydrogen-bond donors (Lipinski definition) is 3. The summed E-state index contributed by atoms with van der Waals surface area (Å²) >= 11 is 0. The van der Waals surface area contributed by atoms with Crippen molar-refractivity contribution in [1.29, 1.82) is 0 Å². The topological polar surface area (TPSA) is 131 Å². The van der Waals surface area contributed by atoms with E-state index >= 15 is 0 Å². The SMILES string of the molecule is CCC(C)(C)N(C(=O)C(CC(N)=O)NC(=O)OC(C)(C)C)C(C(=O)NC(C)(C)C)c1ccccc1C. The van der Waals surface area contributed by atoms with Gasteiger partial charge < -0.3 is 26.0 Å². The van der Waals surface area contributed by atoms with E-state index in [1.54, 1.807) is 32.9 Å². The molecule has 9 nitrogen and oxygen atoms in total. The highest BCUT2D eigenvalue weighted by molar-refractivity contribution is 5.95. The minimum absolute atomic E-state index is 0.373. The molecule has 0 aliphatic heterocycles. The van der Waals surface area contributed by atoms with Crippen LogP contribution in [-0.4, -0.2) is 51.4 Å². The lowest BCUT2D eigenvalue weighted by atomic mass is 9.89. The first-order valence-corrected chi connectivity index (χ1v) is 12.3. The van der Waals surface area contributed by atoms with E-state index in [2.05, 4.69) is 10.6 Å². The van der Waals surface area contributed by atoms with Crippen LogP contribution in [-0.2, 0) is 19.1 Å². The van der Waals surface area contributed by atoms with Crippen molar-refractivity contribution in [3.63, 3.8) is 0 Å². The third kappa shape index (κ3) is 9.17. The summed E-state index contributed by atoms with van der Waals surface area (Å²) in [5.74, 6) is -1.75. The average molecular weight is 505 g/mol. The lowest BCUT2D eigenvalue weighted by Crippen LogP contribution is -2.60. The molecule has 0 spiro atoms. The zero-order valence-electron chi connectivity index (χ0n) is 23.4. The Morgan fingerprint density at radius 1 is 1.00 bits per heavy atom. The summed E-state index contributed by atoms with van der Waals surface area (Å²) in [6, 6.07) is 4.99. The fourth-order valence-electron chi connectivity index (χ4n) is 3.69. The number of carbonyl (C=O) groups excluding carboxylic acids is 4. The second-order valence-corrected chi connectivity index (χ2v) is 11.7. The fraction of sp³-hybridized carbons (Fsp3) is 0.630. The molecule has 202 valence electrons. The van der Waals surface area contributed by atoms with Gasteiger partial charge in [-0.1, -0.05) is 31.2 Å². The number of benzene rings is 1. The highest BCUT2D eigenvalue weighted by Gasteiger charge is 2.44. The number of primary amides is 1. The monoisotopic (exact) mass is 504 g/mol. The standard InChI is InChI=1S/C27H44N4O5/c1-11-27(9,10)31(23(34)19(16-20(28)32)29-24(35)36-26(6,7)8)21(22(33)30-25(3,4)5)18-15-13-12-14-17(18)2/h12-15,19,21H,11,16H2,1-10H3,(H2,28,32)(H,29,35)(H,30,33). The third-order valence-electron chi connectivity index (χ3n) is 5.64. The molecule has 0 aliphatic rings. The molecule has 1 aromatic carbocycles. The van der Waals surface area contributed by atoms with E-state index < -0.39 is 53.1 Å². The van der Waals surface area contributed by atoms with E-state index in [9.17, 15) is 19.2 Å². The van der Waals surface area contributed by atoms with Crippen LogP contribution in [0.2, 0.25) is 0 Å². The quantitative estimate of drug-likeness (QED) is 0.472. The molecule has 0 aliphatic carbocycles. The van der Waals surface area contributed by atoms with Crippen LogP contribution in [0.5, 0.6) is 0 Å². The minimum Gasteiger partial charge on any atom is -0.444 e. The number of nitrogens with one attached hydrogen (secondary N) is 2. The average Bonchev–Trinajstić information content (AvgIpc) is 2.68. The highest BCUT2D eigenvalue weighted by Crippen LogP contribution is 2.34. The van der Waals surface area contributed by atoms with Crippen LogP contribution in [0.1, 0.15) is 92.3 Å². The molecule has 1 rings (SSSR count). The number of rotatable bonds is 9. The Labute approximate surface area is 215 Å². The van der Waals surface area contributed by atoms with Crippen LogP contribution >= 0.6 is 0 Å². The van der Waals surface area contributed by atoms with Crippen molar-refractivity contribution < 1.29 is 23.9 Å². The maximum atomic E-state index is 14.1. The molecule has 2 unspecified atom stereocenters. The first-order chi connectivity index (χ1) is 16.3. The molecule has 0 radical (unpaired) electrons. The molecule has 0 saturated heterocycles. The van der Waals surface area contributed by atoms with Crippen molar-refractivity contribution in [2.75, 3.05) is 0 Å². The van der Waals surface area contributed by atoms with E-state index in [-0.39, 0.29) is 5.91 Å². The number of ether oxygens (including phenoxy) is 1. The number of carbonyl (C=O) groups is 4. The lowest BCUT2D eigenvalue weighted by molar-refractivity contribution is -0.150. The van der Waals surface area contributed by atoms with E-state index in [1.807, 2.05) is 60.6 Å². The van der Waals surface area contributed by atoms with Crippen molar-refractivity contribution in [1.82, 2.24) is 15.5 Å². The Hall–Kier alpha value is -3.10. The number of nitrogens with zero attached hydrogens (tertiary/aromatic N) is 1. The molecule has 0 fully saturated rings. The zero-order valence-corrected chi connectivity index (χ0v) is 23.4. The third-order valence-corrected chi connectivity index (χ3v) is 5.64. The first-order valence-electron chi connectivity index (χ1n) is 12.3. The van der Waals surface area contributed by atoms with E-state index in [4.69, 9.17) is 10.5 Å². The molecule has 36 heavy (non-hydrogen) atoms. The molecule has 0 aromatic heterocycles. The van der Waals surface area contributed by atoms with Gasteiger partial charge in [-0.15, -0.1) is 0 Å². The molecular formula is C27H44N4O5. The molecular weight excluding hydrogens is 460 g/mol. The largest absolute Gasteiger partial charge is 0.444 e. The van der Waals surface area contributed by atoms with Crippen molar-refractivity contribution in [2.24, 2.45) is 5.73 Å². The molecule has 0 bridgehead atoms. The van der Waals surface area contributed by atoms with E-state index in [1.165, 1.54) is 4.90 Å². The van der Waals surface area contributed by atoms with Crippen LogP contribution in [0.15, 0.2) is 24.3 Å².